The fourth-order valence-corrected chi connectivity index (χ4v) is 2.64. The average molecular weight is 395 g/mol. The van der Waals surface area contributed by atoms with Gasteiger partial charge in [0.2, 0.25) is 0 Å². The summed E-state index contributed by atoms with van der Waals surface area (Å²) in [6.45, 7) is 15.0. The lowest BCUT2D eigenvalue weighted by molar-refractivity contribution is -0.929. The van der Waals surface area contributed by atoms with Crippen LogP contribution in [0.5, 0.6) is 0 Å². The van der Waals surface area contributed by atoms with Crippen molar-refractivity contribution in [1.82, 2.24) is 0 Å². The molecule has 0 N–H and O–H groups in total. The van der Waals surface area contributed by atoms with E-state index in [4.69, 9.17) is 45.8 Å². The van der Waals surface area contributed by atoms with Crippen LogP contribution in [0, 0.1) is 0 Å². The van der Waals surface area contributed by atoms with Crippen molar-refractivity contribution < 1.29 is 4.48 Å². The molecular weight excluding hydrogens is 359 g/mol. The Morgan fingerprint density at radius 1 is 0.545 bits per heavy atom. The number of rotatable bonds is 12. The number of quaternary nitrogens is 1. The van der Waals surface area contributed by atoms with Gasteiger partial charge >= 0.3 is 3.81 Å². The number of hydrogen-bond acceptors (Lipinski definition) is 0. The van der Waals surface area contributed by atoms with E-state index in [0.29, 0.717) is 0 Å². The van der Waals surface area contributed by atoms with Gasteiger partial charge in [-0.3, -0.25) is 0 Å². The van der Waals surface area contributed by atoms with Gasteiger partial charge in [0.1, 0.15) is 0 Å². The van der Waals surface area contributed by atoms with Crippen LogP contribution >= 0.6 is 45.8 Å². The molecule has 136 valence electrons. The normalized spacial score (nSPS) is 12.0. The quantitative estimate of drug-likeness (QED) is 0.239. The smallest absolute Gasteiger partial charge is 0.328 e. The maximum Gasteiger partial charge on any atom is 0.328 e. The Bertz CT molecular complexity index is 191. The van der Waals surface area contributed by atoms with Crippen LogP contribution in [0.25, 0.3) is 0 Å². The minimum Gasteiger partial charge on any atom is -0.332 e. The Kier molecular flexibility index (Phi) is 18.1. The van der Waals surface area contributed by atoms with Crippen LogP contribution in [0.2, 0.25) is 0 Å². The second-order valence-corrected chi connectivity index (χ2v) is 10.1. The first-order chi connectivity index (χ1) is 10.2. The predicted molar refractivity (Wildman–Crippen MR) is 109 cm³/mol. The molecule has 0 bridgehead atoms. The van der Waals surface area contributed by atoms with Crippen molar-refractivity contribution in [3.63, 3.8) is 0 Å². The van der Waals surface area contributed by atoms with E-state index in [2.05, 4.69) is 27.7 Å². The molecular formula is C16H36BCl4N. The summed E-state index contributed by atoms with van der Waals surface area (Å²) in [6, 6.07) is 0. The summed E-state index contributed by atoms with van der Waals surface area (Å²) in [6.07, 6.45) is 11.1. The monoisotopic (exact) mass is 393 g/mol. The van der Waals surface area contributed by atoms with E-state index >= 15 is 0 Å². The zero-order valence-corrected chi connectivity index (χ0v) is 18.0. The summed E-state index contributed by atoms with van der Waals surface area (Å²) in [5, 5.41) is 0. The average Bonchev–Trinajstić information content (AvgIpc) is 2.44. The van der Waals surface area contributed by atoms with Gasteiger partial charge in [0.15, 0.2) is 0 Å². The Morgan fingerprint density at radius 2 is 0.727 bits per heavy atom. The van der Waals surface area contributed by atoms with Crippen molar-refractivity contribution in [2.45, 2.75) is 79.1 Å². The first-order valence-electron chi connectivity index (χ1n) is 8.97. The highest BCUT2D eigenvalue weighted by Crippen LogP contribution is 2.23. The minimum absolute atomic E-state index is 1.35. The third kappa shape index (κ3) is 19.2. The second kappa shape index (κ2) is 15.7. The van der Waals surface area contributed by atoms with Crippen molar-refractivity contribution in [2.24, 2.45) is 0 Å². The van der Waals surface area contributed by atoms with E-state index in [-0.39, 0.29) is 0 Å². The van der Waals surface area contributed by atoms with Gasteiger partial charge in [-0.05, 0) is 25.7 Å². The highest BCUT2D eigenvalue weighted by Gasteiger charge is 2.24. The number of halogens is 4. The lowest BCUT2D eigenvalue weighted by Gasteiger charge is -2.39. The number of nitrogens with zero attached hydrogens (tertiary/aromatic N) is 1. The summed E-state index contributed by atoms with van der Waals surface area (Å²) in [7, 11) is 0. The van der Waals surface area contributed by atoms with Crippen molar-refractivity contribution >= 4 is 49.6 Å². The highest BCUT2D eigenvalue weighted by molar-refractivity contribution is 7.81. The third-order valence-electron chi connectivity index (χ3n) is 3.94. The molecule has 0 aromatic heterocycles. The Morgan fingerprint density at radius 3 is 0.864 bits per heavy atom. The van der Waals surface area contributed by atoms with Crippen LogP contribution < -0.4 is 0 Å². The van der Waals surface area contributed by atoms with Gasteiger partial charge in [-0.2, -0.15) is 0 Å². The van der Waals surface area contributed by atoms with Crippen molar-refractivity contribution in [3.05, 3.63) is 0 Å². The molecule has 22 heavy (non-hydrogen) atoms. The molecule has 0 unspecified atom stereocenters. The third-order valence-corrected chi connectivity index (χ3v) is 3.94. The molecule has 0 aromatic rings. The topological polar surface area (TPSA) is 0 Å². The van der Waals surface area contributed by atoms with Gasteiger partial charge < -0.3 is 50.3 Å². The van der Waals surface area contributed by atoms with E-state index in [1.165, 1.54) is 82.0 Å². The second-order valence-electron chi connectivity index (χ2n) is 6.15. The molecule has 1 nitrogen and oxygen atoms in total. The fourth-order valence-electron chi connectivity index (χ4n) is 2.64. The van der Waals surface area contributed by atoms with E-state index in [1.807, 2.05) is 0 Å². The Balaban J connectivity index is 0. The van der Waals surface area contributed by atoms with Gasteiger partial charge in [-0.25, -0.2) is 0 Å². The molecule has 0 aliphatic carbocycles. The molecule has 0 heterocycles. The molecule has 0 fully saturated rings. The zero-order chi connectivity index (χ0) is 17.5. The maximum atomic E-state index is 4.89. The fraction of sp³-hybridized carbons (Fsp3) is 1.00. The number of unbranched alkanes of at least 4 members (excludes halogenated alkanes) is 4. The molecule has 0 amide bonds. The van der Waals surface area contributed by atoms with E-state index in [1.54, 1.807) is 0 Å². The lowest BCUT2D eigenvalue weighted by atomic mass is 10.1. The van der Waals surface area contributed by atoms with Crippen molar-refractivity contribution in [2.75, 3.05) is 26.2 Å². The Hall–Kier alpha value is 1.18. The van der Waals surface area contributed by atoms with E-state index in [0.717, 1.165) is 0 Å². The van der Waals surface area contributed by atoms with Gasteiger partial charge in [-0.15, -0.1) is 0 Å². The Labute approximate surface area is 159 Å². The van der Waals surface area contributed by atoms with Crippen LogP contribution in [0.3, 0.4) is 0 Å². The first kappa shape index (κ1) is 25.4. The van der Waals surface area contributed by atoms with Crippen LogP contribution in [0.15, 0.2) is 0 Å². The van der Waals surface area contributed by atoms with Crippen LogP contribution in [0.1, 0.15) is 79.1 Å². The van der Waals surface area contributed by atoms with Crippen LogP contribution in [0.4, 0.5) is 0 Å². The summed E-state index contributed by atoms with van der Waals surface area (Å²) in [5.41, 5.74) is 0. The summed E-state index contributed by atoms with van der Waals surface area (Å²) >= 11 is 19.6. The molecule has 0 rings (SSSR count). The van der Waals surface area contributed by atoms with Gasteiger partial charge in [0, 0.05) is 0 Å². The van der Waals surface area contributed by atoms with Crippen molar-refractivity contribution in [3.8, 4) is 0 Å². The van der Waals surface area contributed by atoms with Gasteiger partial charge in [0.05, 0.1) is 26.2 Å². The summed E-state index contributed by atoms with van der Waals surface area (Å²) < 4.78 is -0.691. The van der Waals surface area contributed by atoms with Crippen LogP contribution in [-0.2, 0) is 0 Å². The highest BCUT2D eigenvalue weighted by atomic mass is 35.6. The van der Waals surface area contributed by atoms with Crippen molar-refractivity contribution in [1.29, 1.82) is 0 Å². The minimum atomic E-state index is -2.11. The molecule has 6 heteroatoms. The maximum absolute atomic E-state index is 4.89. The lowest BCUT2D eigenvalue weighted by Crippen LogP contribution is -2.50. The standard InChI is InChI=1S/C16H36N.BCl4/c1-5-9-13-17(14-10-6-2,15-11-7-3)16-12-8-4;2-1(3,4)5/h5-16H2,1-4H3;/q+1;-1. The predicted octanol–water partition coefficient (Wildman–Crippen LogP) is 7.38. The first-order valence-corrected chi connectivity index (χ1v) is 10.7. The van der Waals surface area contributed by atoms with Crippen LogP contribution in [-0.4, -0.2) is 34.5 Å². The summed E-state index contributed by atoms with van der Waals surface area (Å²) in [5.74, 6) is 0. The largest absolute Gasteiger partial charge is 0.332 e. The van der Waals surface area contributed by atoms with E-state index in [9.17, 15) is 0 Å². The number of hydrogen-bond donors (Lipinski definition) is 0. The molecule has 0 radical (unpaired) electrons. The molecule has 0 spiro atoms. The van der Waals surface area contributed by atoms with E-state index < -0.39 is 3.81 Å². The molecule has 0 aliphatic rings. The molecule has 0 saturated carbocycles. The molecule has 0 atom stereocenters. The SMILES string of the molecule is CCCC[N+](CCCC)(CCCC)CCCC.Cl[B-](Cl)(Cl)Cl. The zero-order valence-electron chi connectivity index (χ0n) is 15.0. The molecule has 0 saturated heterocycles. The molecule has 0 aliphatic heterocycles. The summed E-state index contributed by atoms with van der Waals surface area (Å²) in [4.78, 5) is 0. The van der Waals surface area contributed by atoms with Gasteiger partial charge in [-0.1, -0.05) is 53.4 Å². The molecule has 0 aromatic carbocycles. The van der Waals surface area contributed by atoms with Gasteiger partial charge in [0.25, 0.3) is 0 Å².